The van der Waals surface area contributed by atoms with Gasteiger partial charge in [-0.05, 0) is 12.1 Å². The second-order valence-electron chi connectivity index (χ2n) is 4.54. The van der Waals surface area contributed by atoms with Crippen LogP contribution in [0.4, 0.5) is 5.69 Å². The van der Waals surface area contributed by atoms with Gasteiger partial charge in [-0.25, -0.2) is 0 Å². The van der Waals surface area contributed by atoms with E-state index in [-0.39, 0.29) is 24.3 Å². The molecule has 2 rings (SSSR count). The van der Waals surface area contributed by atoms with Crippen LogP contribution in [0.1, 0.15) is 6.42 Å². The van der Waals surface area contributed by atoms with Crippen molar-refractivity contribution in [2.24, 2.45) is 0 Å². The first kappa shape index (κ1) is 14.5. The van der Waals surface area contributed by atoms with E-state index in [1.165, 1.54) is 0 Å². The molecule has 1 saturated heterocycles. The van der Waals surface area contributed by atoms with Gasteiger partial charge in [-0.2, -0.15) is 0 Å². The van der Waals surface area contributed by atoms with E-state index in [9.17, 15) is 9.59 Å². The van der Waals surface area contributed by atoms with Crippen LogP contribution in [0.15, 0.2) is 30.3 Å². The molecule has 1 unspecified atom stereocenters. The maximum atomic E-state index is 11.8. The monoisotopic (exact) mass is 277 g/mol. The molecule has 0 aliphatic carbocycles. The Balaban J connectivity index is 1.65. The lowest BCUT2D eigenvalue weighted by Gasteiger charge is -2.22. The summed E-state index contributed by atoms with van der Waals surface area (Å²) in [5, 5.41) is 8.55. The number of rotatable bonds is 5. The van der Waals surface area contributed by atoms with Crippen LogP contribution in [0.25, 0.3) is 0 Å². The third-order valence-electron chi connectivity index (χ3n) is 2.95. The molecule has 1 atom stereocenters. The molecule has 1 fully saturated rings. The van der Waals surface area contributed by atoms with Crippen molar-refractivity contribution in [3.05, 3.63) is 30.3 Å². The molecular weight excluding hydrogens is 258 g/mol. The molecule has 1 aromatic carbocycles. The van der Waals surface area contributed by atoms with E-state index >= 15 is 0 Å². The number of para-hydroxylation sites is 1. The maximum absolute atomic E-state index is 11.8. The van der Waals surface area contributed by atoms with Crippen molar-refractivity contribution in [2.75, 3.05) is 31.6 Å². The van der Waals surface area contributed by atoms with Crippen LogP contribution < -0.4 is 16.0 Å². The Bertz CT molecular complexity index is 444. The molecular formula is C14H19N3O3. The summed E-state index contributed by atoms with van der Waals surface area (Å²) in [5.41, 5.74) is 0.756. The molecule has 108 valence electrons. The molecule has 6 nitrogen and oxygen atoms in total. The molecule has 20 heavy (non-hydrogen) atoms. The van der Waals surface area contributed by atoms with E-state index in [4.69, 9.17) is 4.74 Å². The number of carbonyl (C=O) groups is 2. The number of hydrogen-bond acceptors (Lipinski definition) is 4. The summed E-state index contributed by atoms with van der Waals surface area (Å²) in [6.07, 6.45) is 0.244. The van der Waals surface area contributed by atoms with Crippen molar-refractivity contribution in [1.82, 2.24) is 10.6 Å². The van der Waals surface area contributed by atoms with E-state index < -0.39 is 0 Å². The first-order chi connectivity index (χ1) is 9.75. The first-order valence-corrected chi connectivity index (χ1v) is 6.69. The number of carbonyl (C=O) groups excluding carboxylic acids is 2. The fourth-order valence-electron chi connectivity index (χ4n) is 1.90. The van der Waals surface area contributed by atoms with Crippen molar-refractivity contribution in [1.29, 1.82) is 0 Å². The maximum Gasteiger partial charge on any atom is 0.239 e. The van der Waals surface area contributed by atoms with Gasteiger partial charge >= 0.3 is 0 Å². The smallest absolute Gasteiger partial charge is 0.239 e. The Kier molecular flexibility index (Phi) is 5.52. The van der Waals surface area contributed by atoms with Gasteiger partial charge in [0.1, 0.15) is 6.04 Å². The number of morpholine rings is 1. The summed E-state index contributed by atoms with van der Waals surface area (Å²) in [6.45, 7) is 1.99. The van der Waals surface area contributed by atoms with Gasteiger partial charge in [-0.3, -0.25) is 9.59 Å². The Morgan fingerprint density at radius 1 is 1.30 bits per heavy atom. The van der Waals surface area contributed by atoms with Crippen LogP contribution in [0, 0.1) is 0 Å². The zero-order chi connectivity index (χ0) is 14.2. The highest BCUT2D eigenvalue weighted by Crippen LogP contribution is 2.04. The van der Waals surface area contributed by atoms with Gasteiger partial charge in [0.25, 0.3) is 0 Å². The van der Waals surface area contributed by atoms with Crippen LogP contribution in [-0.4, -0.2) is 44.2 Å². The molecule has 1 aliphatic heterocycles. The predicted octanol–water partition coefficient (Wildman–Crippen LogP) is 0.120. The van der Waals surface area contributed by atoms with E-state index in [1.54, 1.807) is 0 Å². The minimum Gasteiger partial charge on any atom is -0.378 e. The first-order valence-electron chi connectivity index (χ1n) is 6.69. The highest BCUT2D eigenvalue weighted by atomic mass is 16.5. The molecule has 1 aliphatic rings. The molecule has 0 radical (unpaired) electrons. The minimum atomic E-state index is -0.319. The molecule has 2 amide bonds. The van der Waals surface area contributed by atoms with Gasteiger partial charge in [-0.15, -0.1) is 0 Å². The number of ether oxygens (including phenoxy) is 1. The van der Waals surface area contributed by atoms with E-state index in [0.29, 0.717) is 26.3 Å². The summed E-state index contributed by atoms with van der Waals surface area (Å²) >= 11 is 0. The second kappa shape index (κ2) is 7.62. The van der Waals surface area contributed by atoms with Crippen LogP contribution >= 0.6 is 0 Å². The number of anilines is 1. The number of hydrogen-bond donors (Lipinski definition) is 3. The normalized spacial score (nSPS) is 18.3. The third kappa shape index (κ3) is 4.64. The summed E-state index contributed by atoms with van der Waals surface area (Å²) < 4.78 is 5.21. The SMILES string of the molecule is O=C(CCNC(=O)C1COCCN1)Nc1ccccc1. The topological polar surface area (TPSA) is 79.5 Å². The highest BCUT2D eigenvalue weighted by molar-refractivity contribution is 5.91. The summed E-state index contributed by atoms with van der Waals surface area (Å²) in [7, 11) is 0. The summed E-state index contributed by atoms with van der Waals surface area (Å²) in [6, 6.07) is 8.91. The standard InChI is InChI=1S/C14H19N3O3/c18-13(17-11-4-2-1-3-5-11)6-7-16-14(19)12-10-20-9-8-15-12/h1-5,12,15H,6-10H2,(H,16,19)(H,17,18). The van der Waals surface area contributed by atoms with E-state index in [1.807, 2.05) is 30.3 Å². The van der Waals surface area contributed by atoms with E-state index in [2.05, 4.69) is 16.0 Å². The lowest BCUT2D eigenvalue weighted by molar-refractivity contribution is -0.126. The van der Waals surface area contributed by atoms with Crippen molar-refractivity contribution < 1.29 is 14.3 Å². The highest BCUT2D eigenvalue weighted by Gasteiger charge is 2.20. The molecule has 1 heterocycles. The number of benzene rings is 1. The molecule has 0 spiro atoms. The average molecular weight is 277 g/mol. The number of amides is 2. The Morgan fingerprint density at radius 2 is 2.10 bits per heavy atom. The predicted molar refractivity (Wildman–Crippen MR) is 75.3 cm³/mol. The summed E-state index contributed by atoms with van der Waals surface area (Å²) in [5.74, 6) is -0.249. The van der Waals surface area contributed by atoms with Gasteiger partial charge in [0, 0.05) is 25.2 Å². The van der Waals surface area contributed by atoms with Gasteiger partial charge in [0.15, 0.2) is 0 Å². The fourth-order valence-corrected chi connectivity index (χ4v) is 1.90. The van der Waals surface area contributed by atoms with Gasteiger partial charge in [-0.1, -0.05) is 18.2 Å². The van der Waals surface area contributed by atoms with Crippen LogP contribution in [0.5, 0.6) is 0 Å². The van der Waals surface area contributed by atoms with Gasteiger partial charge in [0.2, 0.25) is 11.8 Å². The Labute approximate surface area is 117 Å². The molecule has 3 N–H and O–H groups in total. The minimum absolute atomic E-state index is 0.121. The molecule has 6 heteroatoms. The van der Waals surface area contributed by atoms with Crippen molar-refractivity contribution in [3.8, 4) is 0 Å². The van der Waals surface area contributed by atoms with Gasteiger partial charge < -0.3 is 20.7 Å². The molecule has 0 aromatic heterocycles. The van der Waals surface area contributed by atoms with E-state index in [0.717, 1.165) is 5.69 Å². The Morgan fingerprint density at radius 3 is 2.80 bits per heavy atom. The molecule has 0 saturated carbocycles. The largest absolute Gasteiger partial charge is 0.378 e. The van der Waals surface area contributed by atoms with Crippen LogP contribution in [-0.2, 0) is 14.3 Å². The van der Waals surface area contributed by atoms with Crippen LogP contribution in [0.2, 0.25) is 0 Å². The Hall–Kier alpha value is -1.92. The lowest BCUT2D eigenvalue weighted by atomic mass is 10.2. The second-order valence-corrected chi connectivity index (χ2v) is 4.54. The van der Waals surface area contributed by atoms with Crippen molar-refractivity contribution >= 4 is 17.5 Å². The number of nitrogens with one attached hydrogen (secondary N) is 3. The molecule has 1 aromatic rings. The average Bonchev–Trinajstić information content (AvgIpc) is 2.49. The summed E-state index contributed by atoms with van der Waals surface area (Å²) in [4.78, 5) is 23.4. The fraction of sp³-hybridized carbons (Fsp3) is 0.429. The third-order valence-corrected chi connectivity index (χ3v) is 2.95. The quantitative estimate of drug-likeness (QED) is 0.714. The van der Waals surface area contributed by atoms with Crippen molar-refractivity contribution in [3.63, 3.8) is 0 Å². The van der Waals surface area contributed by atoms with Crippen LogP contribution in [0.3, 0.4) is 0 Å². The van der Waals surface area contributed by atoms with Crippen molar-refractivity contribution in [2.45, 2.75) is 12.5 Å². The van der Waals surface area contributed by atoms with Gasteiger partial charge in [0.05, 0.1) is 13.2 Å². The lowest BCUT2D eigenvalue weighted by Crippen LogP contribution is -2.51. The molecule has 0 bridgehead atoms. The zero-order valence-corrected chi connectivity index (χ0v) is 11.2. The zero-order valence-electron chi connectivity index (χ0n) is 11.2.